The van der Waals surface area contributed by atoms with Crippen molar-refractivity contribution >= 4 is 27.4 Å². The molecule has 1 aliphatic heterocycles. The lowest BCUT2D eigenvalue weighted by molar-refractivity contribution is 0.122. The van der Waals surface area contributed by atoms with Crippen LogP contribution in [0.5, 0.6) is 5.75 Å². The van der Waals surface area contributed by atoms with E-state index in [4.69, 9.17) is 19.4 Å². The fraction of sp³-hybridized carbons (Fsp3) is 0.233. The second-order valence-corrected chi connectivity index (χ2v) is 12.2. The quantitative estimate of drug-likeness (QED) is 0.300. The molecular weight excluding hydrogens is 547 g/mol. The number of benzene rings is 3. The number of anilines is 2. The van der Waals surface area contributed by atoms with Gasteiger partial charge in [0.05, 0.1) is 23.8 Å². The van der Waals surface area contributed by atoms with E-state index in [1.54, 1.807) is 54.6 Å². The van der Waals surface area contributed by atoms with Crippen molar-refractivity contribution in [2.45, 2.75) is 22.5 Å². The van der Waals surface area contributed by atoms with Crippen molar-refractivity contribution in [1.82, 2.24) is 9.97 Å². The summed E-state index contributed by atoms with van der Waals surface area (Å²) in [6.45, 7) is 2.29. The van der Waals surface area contributed by atoms with E-state index in [9.17, 15) is 17.6 Å². The third kappa shape index (κ3) is 5.50. The van der Waals surface area contributed by atoms with Crippen molar-refractivity contribution in [1.29, 1.82) is 0 Å². The number of rotatable bonds is 7. The summed E-state index contributed by atoms with van der Waals surface area (Å²) in [5.41, 5.74) is 1.57. The van der Waals surface area contributed by atoms with Crippen LogP contribution in [-0.4, -0.2) is 50.8 Å². The number of ether oxygens (including phenoxy) is 2. The molecule has 11 heteroatoms. The molecule has 2 fully saturated rings. The van der Waals surface area contributed by atoms with Crippen LogP contribution < -0.4 is 15.0 Å². The van der Waals surface area contributed by atoms with E-state index < -0.39 is 26.5 Å². The zero-order valence-corrected chi connectivity index (χ0v) is 22.8. The minimum absolute atomic E-state index is 0.0577. The first-order chi connectivity index (χ1) is 19.8. The highest BCUT2D eigenvalue weighted by Gasteiger charge is 2.58. The number of para-hydroxylation sites is 1. The summed E-state index contributed by atoms with van der Waals surface area (Å²) in [7, 11) is -3.85. The molecular formula is C30H27FN4O5S. The van der Waals surface area contributed by atoms with Crippen molar-refractivity contribution in [2.75, 3.05) is 36.5 Å². The number of carbonyl (C=O) groups excluding carboxylic acids is 1. The van der Waals surface area contributed by atoms with Crippen LogP contribution in [0.1, 0.15) is 18.5 Å². The Balaban J connectivity index is 1.31. The zero-order valence-electron chi connectivity index (χ0n) is 22.0. The van der Waals surface area contributed by atoms with Crippen LogP contribution in [0.2, 0.25) is 0 Å². The van der Waals surface area contributed by atoms with Crippen molar-refractivity contribution in [2.24, 2.45) is 0 Å². The molecule has 210 valence electrons. The predicted molar refractivity (Wildman–Crippen MR) is 151 cm³/mol. The monoisotopic (exact) mass is 574 g/mol. The average Bonchev–Trinajstić information content (AvgIpc) is 3.82. The highest BCUT2D eigenvalue weighted by atomic mass is 32.2. The van der Waals surface area contributed by atoms with Crippen molar-refractivity contribution in [3.05, 3.63) is 96.4 Å². The summed E-state index contributed by atoms with van der Waals surface area (Å²) in [6.07, 6.45) is 0.175. The van der Waals surface area contributed by atoms with E-state index in [1.807, 2.05) is 11.0 Å². The molecule has 41 heavy (non-hydrogen) atoms. The predicted octanol–water partition coefficient (Wildman–Crippen LogP) is 5.19. The minimum Gasteiger partial charge on any atom is -0.410 e. The Morgan fingerprint density at radius 3 is 2.27 bits per heavy atom. The molecule has 0 spiro atoms. The SMILES string of the molecule is O=C(Nc1ccc(-c2nc(N3CCOCC3)cc(C3(S(=O)(=O)c4ccc(F)cc4)CC3)n2)cc1)Oc1ccccc1. The first kappa shape index (κ1) is 26.9. The molecule has 1 saturated heterocycles. The number of halogens is 1. The number of hydrogen-bond acceptors (Lipinski definition) is 8. The molecule has 1 aliphatic carbocycles. The van der Waals surface area contributed by atoms with Gasteiger partial charge in [0, 0.05) is 30.4 Å². The molecule has 6 rings (SSSR count). The Labute approximate surface area is 236 Å². The number of hydrogen-bond donors (Lipinski definition) is 1. The van der Waals surface area contributed by atoms with Crippen LogP contribution in [-0.2, 0) is 19.3 Å². The van der Waals surface area contributed by atoms with Gasteiger partial charge in [-0.15, -0.1) is 0 Å². The number of aromatic nitrogens is 2. The molecule has 1 aromatic heterocycles. The second kappa shape index (κ2) is 10.9. The molecule has 4 aromatic rings. The molecule has 1 amide bonds. The van der Waals surface area contributed by atoms with Crippen LogP contribution in [0.4, 0.5) is 20.7 Å². The lowest BCUT2D eigenvalue weighted by atomic mass is 10.1. The summed E-state index contributed by atoms with van der Waals surface area (Å²) in [4.78, 5) is 23.9. The van der Waals surface area contributed by atoms with Crippen molar-refractivity contribution in [3.63, 3.8) is 0 Å². The third-order valence-corrected chi connectivity index (χ3v) is 9.74. The Morgan fingerprint density at radius 2 is 1.61 bits per heavy atom. The van der Waals surface area contributed by atoms with Gasteiger partial charge in [-0.1, -0.05) is 18.2 Å². The van der Waals surface area contributed by atoms with Gasteiger partial charge in [0.15, 0.2) is 15.7 Å². The number of carbonyl (C=O) groups is 1. The maximum atomic E-state index is 13.8. The fourth-order valence-corrected chi connectivity index (χ4v) is 6.77. The smallest absolute Gasteiger partial charge is 0.410 e. The second-order valence-electron chi connectivity index (χ2n) is 9.89. The van der Waals surface area contributed by atoms with Crippen LogP contribution in [0.3, 0.4) is 0 Å². The maximum Gasteiger partial charge on any atom is 0.417 e. The van der Waals surface area contributed by atoms with Gasteiger partial charge >= 0.3 is 6.09 Å². The Kier molecular flexibility index (Phi) is 7.14. The van der Waals surface area contributed by atoms with Gasteiger partial charge < -0.3 is 14.4 Å². The largest absolute Gasteiger partial charge is 0.417 e. The zero-order chi connectivity index (χ0) is 28.5. The van der Waals surface area contributed by atoms with Gasteiger partial charge in [-0.2, -0.15) is 0 Å². The summed E-state index contributed by atoms with van der Waals surface area (Å²) in [5.74, 6) is 0.900. The molecule has 2 aliphatic rings. The number of nitrogens with zero attached hydrogens (tertiary/aromatic N) is 3. The van der Waals surface area contributed by atoms with Crippen LogP contribution in [0.25, 0.3) is 11.4 Å². The normalized spacial score (nSPS) is 16.2. The summed E-state index contributed by atoms with van der Waals surface area (Å²) in [5, 5.41) is 2.69. The number of amides is 1. The highest BCUT2D eigenvalue weighted by Crippen LogP contribution is 2.55. The molecule has 0 atom stereocenters. The Bertz CT molecular complexity index is 1660. The Morgan fingerprint density at radius 1 is 0.927 bits per heavy atom. The molecule has 2 heterocycles. The number of morpholine rings is 1. The molecule has 0 radical (unpaired) electrons. The van der Waals surface area contributed by atoms with E-state index in [2.05, 4.69) is 5.32 Å². The first-order valence-corrected chi connectivity index (χ1v) is 14.7. The molecule has 0 bridgehead atoms. The topological polar surface area (TPSA) is 111 Å². The minimum atomic E-state index is -3.85. The van der Waals surface area contributed by atoms with Crippen molar-refractivity contribution in [3.8, 4) is 17.1 Å². The molecule has 1 saturated carbocycles. The van der Waals surface area contributed by atoms with Crippen molar-refractivity contribution < 1.29 is 27.1 Å². The third-order valence-electron chi connectivity index (χ3n) is 7.20. The van der Waals surface area contributed by atoms with Gasteiger partial charge in [0.25, 0.3) is 0 Å². The fourth-order valence-electron chi connectivity index (χ4n) is 4.81. The van der Waals surface area contributed by atoms with E-state index in [0.29, 0.717) is 73.5 Å². The van der Waals surface area contributed by atoms with E-state index in [0.717, 1.165) is 12.1 Å². The summed E-state index contributed by atoms with van der Waals surface area (Å²) in [6, 6.07) is 22.3. The van der Waals surface area contributed by atoms with Gasteiger partial charge in [0.1, 0.15) is 22.1 Å². The highest BCUT2D eigenvalue weighted by molar-refractivity contribution is 7.92. The average molecular weight is 575 g/mol. The van der Waals surface area contributed by atoms with E-state index in [1.165, 1.54) is 12.1 Å². The van der Waals surface area contributed by atoms with E-state index >= 15 is 0 Å². The standard InChI is InChI=1S/C30H27FN4O5S/c31-22-8-12-25(13-9-22)41(37,38)30(14-15-30)26-20-27(35-16-18-39-19-17-35)34-28(33-26)21-6-10-23(11-7-21)32-29(36)40-24-4-2-1-3-5-24/h1-13,20H,14-19H2,(H,32,36). The van der Waals surface area contributed by atoms with Gasteiger partial charge in [-0.25, -0.2) is 27.6 Å². The molecule has 9 nitrogen and oxygen atoms in total. The summed E-state index contributed by atoms with van der Waals surface area (Å²) >= 11 is 0. The van der Waals surface area contributed by atoms with Crippen LogP contribution >= 0.6 is 0 Å². The Hall–Kier alpha value is -4.35. The number of sulfone groups is 1. The lowest BCUT2D eigenvalue weighted by Crippen LogP contribution is -2.37. The molecule has 1 N–H and O–H groups in total. The van der Waals surface area contributed by atoms with E-state index in [-0.39, 0.29) is 4.90 Å². The van der Waals surface area contributed by atoms with Gasteiger partial charge in [-0.05, 0) is 73.5 Å². The molecule has 3 aromatic carbocycles. The van der Waals surface area contributed by atoms with Gasteiger partial charge in [-0.3, -0.25) is 5.32 Å². The van der Waals surface area contributed by atoms with Crippen LogP contribution in [0, 0.1) is 5.82 Å². The first-order valence-electron chi connectivity index (χ1n) is 13.2. The lowest BCUT2D eigenvalue weighted by Gasteiger charge is -2.29. The summed E-state index contributed by atoms with van der Waals surface area (Å²) < 4.78 is 50.7. The number of nitrogens with one attached hydrogen (secondary N) is 1. The maximum absolute atomic E-state index is 13.8. The molecule has 0 unspecified atom stereocenters. The van der Waals surface area contributed by atoms with Crippen LogP contribution in [0.15, 0.2) is 89.8 Å². The van der Waals surface area contributed by atoms with Gasteiger partial charge in [0.2, 0.25) is 0 Å².